The maximum absolute atomic E-state index is 13.0. The van der Waals surface area contributed by atoms with Crippen molar-refractivity contribution in [2.75, 3.05) is 13.1 Å². The van der Waals surface area contributed by atoms with E-state index in [2.05, 4.69) is 25.9 Å². The van der Waals surface area contributed by atoms with Crippen molar-refractivity contribution < 1.29 is 48.9 Å². The van der Waals surface area contributed by atoms with Crippen molar-refractivity contribution in [3.05, 3.63) is 36.0 Å². The number of amides is 4. The third-order valence-electron chi connectivity index (χ3n) is 6.48. The number of guanidine groups is 1. The summed E-state index contributed by atoms with van der Waals surface area (Å²) in [6.07, 6.45) is -0.153. The van der Waals surface area contributed by atoms with E-state index < -0.39 is 85.1 Å². The number of fused-ring (bicyclic) bond motifs is 1. The van der Waals surface area contributed by atoms with Crippen molar-refractivity contribution in [3.8, 4) is 0 Å². The average Bonchev–Trinajstić information content (AvgIpc) is 3.38. The number of carboxylic acids is 3. The number of benzene rings is 1. The Morgan fingerprint density at radius 2 is 1.43 bits per heavy atom. The predicted molar refractivity (Wildman–Crippen MR) is 161 cm³/mol. The van der Waals surface area contributed by atoms with Crippen molar-refractivity contribution in [1.29, 1.82) is 0 Å². The van der Waals surface area contributed by atoms with E-state index in [-0.39, 0.29) is 31.8 Å². The van der Waals surface area contributed by atoms with Gasteiger partial charge in [0.15, 0.2) is 5.96 Å². The molecule has 0 aliphatic carbocycles. The number of carboxylic acid groups (broad SMARTS) is 3. The molecule has 0 saturated heterocycles. The summed E-state index contributed by atoms with van der Waals surface area (Å²) >= 11 is 0. The van der Waals surface area contributed by atoms with Crippen LogP contribution in [0.4, 0.5) is 0 Å². The lowest BCUT2D eigenvalue weighted by molar-refractivity contribution is -0.147. The van der Waals surface area contributed by atoms with Crippen molar-refractivity contribution in [3.63, 3.8) is 0 Å². The topological polar surface area (TPSA) is 335 Å². The van der Waals surface area contributed by atoms with Crippen molar-refractivity contribution in [1.82, 2.24) is 26.3 Å². The number of nitrogens with zero attached hydrogens (tertiary/aromatic N) is 1. The summed E-state index contributed by atoms with van der Waals surface area (Å²) in [5.74, 6) is -8.79. The van der Waals surface area contributed by atoms with E-state index in [1.54, 1.807) is 6.20 Å². The number of carbonyl (C=O) groups is 7. The maximum Gasteiger partial charge on any atom is 0.326 e. The summed E-state index contributed by atoms with van der Waals surface area (Å²) in [7, 11) is 0. The highest BCUT2D eigenvalue weighted by molar-refractivity contribution is 5.96. The fraction of sp³-hybridized carbons (Fsp3) is 0.407. The average molecular weight is 648 g/mol. The van der Waals surface area contributed by atoms with Crippen LogP contribution in [0.1, 0.15) is 31.2 Å². The van der Waals surface area contributed by atoms with Crippen LogP contribution in [0.15, 0.2) is 35.5 Å². The van der Waals surface area contributed by atoms with E-state index in [1.165, 1.54) is 0 Å². The first-order valence-corrected chi connectivity index (χ1v) is 13.9. The summed E-state index contributed by atoms with van der Waals surface area (Å²) in [6.45, 7) is -0.668. The Labute approximate surface area is 261 Å². The molecule has 2 rings (SSSR count). The van der Waals surface area contributed by atoms with Gasteiger partial charge in [-0.2, -0.15) is 0 Å². The Hall–Kier alpha value is -5.72. The molecule has 250 valence electrons. The zero-order valence-electron chi connectivity index (χ0n) is 24.5. The molecule has 0 saturated carbocycles. The monoisotopic (exact) mass is 647 g/mol. The van der Waals surface area contributed by atoms with Crippen molar-refractivity contribution in [2.24, 2.45) is 22.2 Å². The summed E-state index contributed by atoms with van der Waals surface area (Å²) in [5, 5.41) is 37.1. The van der Waals surface area contributed by atoms with E-state index in [0.717, 1.165) is 16.5 Å². The number of aromatic nitrogens is 1. The van der Waals surface area contributed by atoms with Crippen molar-refractivity contribution in [2.45, 2.75) is 56.3 Å². The van der Waals surface area contributed by atoms with Gasteiger partial charge in [0.05, 0.1) is 25.4 Å². The molecule has 0 fully saturated rings. The van der Waals surface area contributed by atoms with Crippen LogP contribution in [0, 0.1) is 0 Å². The highest BCUT2D eigenvalue weighted by Gasteiger charge is 2.31. The third-order valence-corrected chi connectivity index (χ3v) is 6.48. The molecule has 0 unspecified atom stereocenters. The maximum atomic E-state index is 13.0. The van der Waals surface area contributed by atoms with Gasteiger partial charge in [-0.3, -0.25) is 33.8 Å². The molecule has 0 spiro atoms. The minimum absolute atomic E-state index is 0.00307. The molecule has 19 nitrogen and oxygen atoms in total. The first-order chi connectivity index (χ1) is 21.7. The molecule has 2 aromatic rings. The standard InChI is InChI=1S/C27H37N9O10/c28-15(8-13-11-32-16-5-2-1-4-14(13)16)23(42)33-12-20(37)34-18(9-21(38)39)25(44)35-17(6-3-7-31-27(29)30)24(43)36-19(26(45)46)10-22(40)41/h1-2,4-5,11,15,17-19,32H,3,6-10,12,28H2,(H,33,42)(H,34,37)(H,35,44)(H,36,43)(H,38,39)(H,40,41)(H,45,46)(H4,29,30,31)/t15-,17-,18-,19-/m0/s1. The van der Waals surface area contributed by atoms with Crippen LogP contribution < -0.4 is 38.5 Å². The second-order valence-electron chi connectivity index (χ2n) is 10.1. The van der Waals surface area contributed by atoms with E-state index in [0.29, 0.717) is 0 Å². The van der Waals surface area contributed by atoms with Crippen LogP contribution in [-0.2, 0) is 40.0 Å². The number of nitrogens with two attached hydrogens (primary N) is 3. The number of carbonyl (C=O) groups excluding carboxylic acids is 4. The number of hydrogen-bond acceptors (Lipinski definition) is 9. The van der Waals surface area contributed by atoms with E-state index in [1.807, 2.05) is 29.6 Å². The highest BCUT2D eigenvalue weighted by Crippen LogP contribution is 2.18. The van der Waals surface area contributed by atoms with Gasteiger partial charge in [-0.25, -0.2) is 4.79 Å². The third kappa shape index (κ3) is 12.1. The Kier molecular flexibility index (Phi) is 13.9. The van der Waals surface area contributed by atoms with Gasteiger partial charge >= 0.3 is 17.9 Å². The fourth-order valence-corrected chi connectivity index (χ4v) is 4.25. The molecule has 4 atom stereocenters. The summed E-state index contributed by atoms with van der Waals surface area (Å²) in [6, 6.07) is 1.25. The van der Waals surface area contributed by atoms with Gasteiger partial charge < -0.3 is 58.8 Å². The Balaban J connectivity index is 2.06. The van der Waals surface area contributed by atoms with Gasteiger partial charge in [-0.05, 0) is 30.9 Å². The summed E-state index contributed by atoms with van der Waals surface area (Å²) in [4.78, 5) is 91.7. The molecule has 1 aromatic carbocycles. The number of aromatic amines is 1. The molecule has 4 amide bonds. The molecule has 19 heteroatoms. The first kappa shape index (κ1) is 36.5. The van der Waals surface area contributed by atoms with Gasteiger partial charge in [0.25, 0.3) is 0 Å². The minimum atomic E-state index is -1.84. The Bertz CT molecular complexity index is 1470. The lowest BCUT2D eigenvalue weighted by atomic mass is 10.1. The number of aliphatic carboxylic acids is 3. The zero-order valence-corrected chi connectivity index (χ0v) is 24.5. The van der Waals surface area contributed by atoms with Crippen LogP contribution in [-0.4, -0.2) is 105 Å². The van der Waals surface area contributed by atoms with Crippen LogP contribution in [0.3, 0.4) is 0 Å². The predicted octanol–water partition coefficient (Wildman–Crippen LogP) is -3.30. The second-order valence-corrected chi connectivity index (χ2v) is 10.1. The first-order valence-electron chi connectivity index (χ1n) is 13.9. The Morgan fingerprint density at radius 1 is 0.826 bits per heavy atom. The zero-order chi connectivity index (χ0) is 34.4. The quantitative estimate of drug-likeness (QED) is 0.0405. The lowest BCUT2D eigenvalue weighted by Gasteiger charge is -2.24. The number of para-hydroxylation sites is 1. The van der Waals surface area contributed by atoms with Crippen LogP contribution in [0.2, 0.25) is 0 Å². The normalized spacial score (nSPS) is 13.3. The van der Waals surface area contributed by atoms with E-state index in [9.17, 15) is 43.8 Å². The van der Waals surface area contributed by atoms with Gasteiger partial charge in [0.2, 0.25) is 23.6 Å². The van der Waals surface area contributed by atoms with Gasteiger partial charge in [0, 0.05) is 23.6 Å². The number of rotatable bonds is 19. The molecule has 1 aromatic heterocycles. The molecule has 0 bridgehead atoms. The van der Waals surface area contributed by atoms with E-state index >= 15 is 0 Å². The molecule has 0 aliphatic rings. The van der Waals surface area contributed by atoms with Crippen LogP contribution in [0.25, 0.3) is 10.9 Å². The van der Waals surface area contributed by atoms with Gasteiger partial charge in [-0.15, -0.1) is 0 Å². The number of aliphatic imine (C=N–C) groups is 1. The minimum Gasteiger partial charge on any atom is -0.481 e. The van der Waals surface area contributed by atoms with Crippen molar-refractivity contribution >= 4 is 58.4 Å². The lowest BCUT2D eigenvalue weighted by Crippen LogP contribution is -2.57. The smallest absolute Gasteiger partial charge is 0.326 e. The molecular formula is C27H37N9O10. The second kappa shape index (κ2) is 17.5. The largest absolute Gasteiger partial charge is 0.481 e. The molecule has 0 aliphatic heterocycles. The summed E-state index contributed by atoms with van der Waals surface area (Å²) in [5.41, 5.74) is 18.2. The van der Waals surface area contributed by atoms with Crippen LogP contribution in [0.5, 0.6) is 0 Å². The molecular weight excluding hydrogens is 610 g/mol. The number of hydrogen-bond donors (Lipinski definition) is 11. The number of nitrogens with one attached hydrogen (secondary N) is 5. The number of H-pyrrole nitrogens is 1. The summed E-state index contributed by atoms with van der Waals surface area (Å²) < 4.78 is 0. The van der Waals surface area contributed by atoms with Crippen LogP contribution >= 0.6 is 0 Å². The van der Waals surface area contributed by atoms with E-state index in [4.69, 9.17) is 22.3 Å². The SMILES string of the molecule is NC(N)=NCCC[C@H](NC(=O)[C@H](CC(=O)O)NC(=O)CNC(=O)[C@@H](N)Cc1c[nH]c2ccccc12)C(=O)N[C@@H](CC(=O)O)C(=O)O. The fourth-order valence-electron chi connectivity index (χ4n) is 4.25. The molecule has 0 radical (unpaired) electrons. The molecule has 14 N–H and O–H groups in total. The molecule has 46 heavy (non-hydrogen) atoms. The Morgan fingerprint density at radius 3 is 2.07 bits per heavy atom. The molecule has 1 heterocycles. The van der Waals surface area contributed by atoms with Gasteiger partial charge in [0.1, 0.15) is 18.1 Å². The van der Waals surface area contributed by atoms with Gasteiger partial charge in [-0.1, -0.05) is 18.2 Å². The highest BCUT2D eigenvalue weighted by atomic mass is 16.4.